The summed E-state index contributed by atoms with van der Waals surface area (Å²) in [6.45, 7) is 7.68. The van der Waals surface area contributed by atoms with Crippen LogP contribution in [-0.2, 0) is 9.53 Å². The van der Waals surface area contributed by atoms with Crippen LogP contribution < -0.4 is 5.32 Å². The summed E-state index contributed by atoms with van der Waals surface area (Å²) >= 11 is 0. The fourth-order valence-electron chi connectivity index (χ4n) is 2.06. The Bertz CT molecular complexity index is 333. The summed E-state index contributed by atoms with van der Waals surface area (Å²) in [5.41, 5.74) is 0. The number of ether oxygens (including phenoxy) is 1. The number of likely N-dealkylation sites (tertiary alicyclic amines) is 1. The maximum absolute atomic E-state index is 11.8. The van der Waals surface area contributed by atoms with Gasteiger partial charge in [-0.1, -0.05) is 13.0 Å². The molecule has 1 heterocycles. The minimum Gasteiger partial charge on any atom is -0.481 e. The molecule has 1 aliphatic rings. The first-order valence-electron chi connectivity index (χ1n) is 6.50. The Labute approximate surface area is 113 Å². The lowest BCUT2D eigenvalue weighted by Crippen LogP contribution is -2.40. The largest absolute Gasteiger partial charge is 0.481 e. The molecule has 1 rings (SSSR count). The van der Waals surface area contributed by atoms with E-state index >= 15 is 0 Å². The number of carboxylic acid groups (broad SMARTS) is 1. The molecule has 2 amide bonds. The lowest BCUT2D eigenvalue weighted by atomic mass is 9.99. The predicted octanol–water partition coefficient (Wildman–Crippen LogP) is 0.941. The highest BCUT2D eigenvalue weighted by molar-refractivity contribution is 5.77. The Hall–Kier alpha value is -1.56. The van der Waals surface area contributed by atoms with Gasteiger partial charge in [0.05, 0.1) is 19.1 Å². The van der Waals surface area contributed by atoms with Crippen molar-refractivity contribution in [2.45, 2.75) is 13.3 Å². The van der Waals surface area contributed by atoms with E-state index in [2.05, 4.69) is 11.9 Å². The zero-order valence-corrected chi connectivity index (χ0v) is 11.3. The van der Waals surface area contributed by atoms with Gasteiger partial charge in [-0.05, 0) is 12.3 Å². The van der Waals surface area contributed by atoms with Crippen molar-refractivity contribution in [3.8, 4) is 0 Å². The number of carboxylic acids is 1. The summed E-state index contributed by atoms with van der Waals surface area (Å²) in [5.74, 6) is -1.31. The smallest absolute Gasteiger partial charge is 0.317 e. The van der Waals surface area contributed by atoms with E-state index in [0.29, 0.717) is 26.3 Å². The molecule has 2 atom stereocenters. The molecule has 1 saturated heterocycles. The Morgan fingerprint density at radius 2 is 2.21 bits per heavy atom. The van der Waals surface area contributed by atoms with Crippen molar-refractivity contribution in [2.75, 3.05) is 32.8 Å². The maximum atomic E-state index is 11.8. The number of carbonyl (C=O) groups is 2. The standard InChI is InChI=1S/C13H22N2O4/c1-3-4-6-19-7-5-14-13(18)15-8-10(2)11(9-15)12(16)17/h3,10-11H,1,4-9H2,2H3,(H,14,18)(H,16,17). The lowest BCUT2D eigenvalue weighted by molar-refractivity contribution is -0.142. The number of aliphatic carboxylic acids is 1. The number of nitrogens with zero attached hydrogens (tertiary/aromatic N) is 1. The van der Waals surface area contributed by atoms with Crippen molar-refractivity contribution < 1.29 is 19.4 Å². The number of hydrogen-bond acceptors (Lipinski definition) is 3. The summed E-state index contributed by atoms with van der Waals surface area (Å²) in [5, 5.41) is 11.7. The average molecular weight is 270 g/mol. The van der Waals surface area contributed by atoms with E-state index in [1.807, 2.05) is 6.92 Å². The maximum Gasteiger partial charge on any atom is 0.317 e. The second-order valence-corrected chi connectivity index (χ2v) is 4.75. The number of amides is 2. The van der Waals surface area contributed by atoms with E-state index in [-0.39, 0.29) is 18.5 Å². The monoisotopic (exact) mass is 270 g/mol. The van der Waals surface area contributed by atoms with E-state index in [9.17, 15) is 9.59 Å². The van der Waals surface area contributed by atoms with Crippen LogP contribution in [0.2, 0.25) is 0 Å². The first-order valence-corrected chi connectivity index (χ1v) is 6.50. The van der Waals surface area contributed by atoms with Gasteiger partial charge in [-0.2, -0.15) is 0 Å². The molecule has 2 unspecified atom stereocenters. The highest BCUT2D eigenvalue weighted by atomic mass is 16.5. The third-order valence-corrected chi connectivity index (χ3v) is 3.21. The average Bonchev–Trinajstić information content (AvgIpc) is 2.75. The summed E-state index contributed by atoms with van der Waals surface area (Å²) in [6, 6.07) is -0.220. The fourth-order valence-corrected chi connectivity index (χ4v) is 2.06. The van der Waals surface area contributed by atoms with Crippen molar-refractivity contribution in [2.24, 2.45) is 11.8 Å². The third kappa shape index (κ3) is 4.90. The van der Waals surface area contributed by atoms with Crippen LogP contribution in [0.4, 0.5) is 4.79 Å². The van der Waals surface area contributed by atoms with Crippen LogP contribution in [0.1, 0.15) is 13.3 Å². The van der Waals surface area contributed by atoms with Crippen LogP contribution in [0.5, 0.6) is 0 Å². The molecule has 6 nitrogen and oxygen atoms in total. The van der Waals surface area contributed by atoms with Crippen molar-refractivity contribution in [1.29, 1.82) is 0 Å². The number of urea groups is 1. The van der Waals surface area contributed by atoms with Crippen LogP contribution in [0.3, 0.4) is 0 Å². The fraction of sp³-hybridized carbons (Fsp3) is 0.692. The first-order chi connectivity index (χ1) is 9.06. The Morgan fingerprint density at radius 1 is 1.47 bits per heavy atom. The van der Waals surface area contributed by atoms with Crippen LogP contribution in [0, 0.1) is 11.8 Å². The molecule has 0 radical (unpaired) electrons. The topological polar surface area (TPSA) is 78.9 Å². The number of nitrogens with one attached hydrogen (secondary N) is 1. The minimum atomic E-state index is -0.837. The zero-order valence-electron chi connectivity index (χ0n) is 11.3. The van der Waals surface area contributed by atoms with Gasteiger partial charge in [0.15, 0.2) is 0 Å². The van der Waals surface area contributed by atoms with Crippen molar-refractivity contribution >= 4 is 12.0 Å². The molecular formula is C13H22N2O4. The van der Waals surface area contributed by atoms with Gasteiger partial charge in [0.2, 0.25) is 0 Å². The van der Waals surface area contributed by atoms with E-state index in [0.717, 1.165) is 6.42 Å². The highest BCUT2D eigenvalue weighted by Gasteiger charge is 2.36. The minimum absolute atomic E-state index is 0.00732. The van der Waals surface area contributed by atoms with Gasteiger partial charge in [-0.3, -0.25) is 4.79 Å². The molecule has 1 aliphatic heterocycles. The molecule has 0 aromatic carbocycles. The normalized spacial score (nSPS) is 22.3. The number of carbonyl (C=O) groups excluding carboxylic acids is 1. The summed E-state index contributed by atoms with van der Waals surface area (Å²) in [6.07, 6.45) is 2.56. The van der Waals surface area contributed by atoms with Crippen LogP contribution in [-0.4, -0.2) is 54.9 Å². The summed E-state index contributed by atoms with van der Waals surface area (Å²) in [7, 11) is 0. The SMILES string of the molecule is C=CCCOCCNC(=O)N1CC(C)C(C(=O)O)C1. The molecule has 0 bridgehead atoms. The van der Waals surface area contributed by atoms with Crippen LogP contribution in [0.15, 0.2) is 12.7 Å². The van der Waals surface area contributed by atoms with Crippen molar-refractivity contribution in [1.82, 2.24) is 10.2 Å². The van der Waals surface area contributed by atoms with Gasteiger partial charge in [-0.25, -0.2) is 4.79 Å². The molecular weight excluding hydrogens is 248 g/mol. The van der Waals surface area contributed by atoms with Crippen LogP contribution in [0.25, 0.3) is 0 Å². The van der Waals surface area contributed by atoms with Gasteiger partial charge in [-0.15, -0.1) is 6.58 Å². The number of rotatable bonds is 7. The highest BCUT2D eigenvalue weighted by Crippen LogP contribution is 2.22. The molecule has 0 aromatic rings. The Balaban J connectivity index is 2.20. The molecule has 1 fully saturated rings. The van der Waals surface area contributed by atoms with E-state index in [4.69, 9.17) is 9.84 Å². The molecule has 0 saturated carbocycles. The number of hydrogen-bond donors (Lipinski definition) is 2. The van der Waals surface area contributed by atoms with E-state index < -0.39 is 11.9 Å². The van der Waals surface area contributed by atoms with E-state index in [1.54, 1.807) is 11.0 Å². The van der Waals surface area contributed by atoms with Crippen molar-refractivity contribution in [3.05, 3.63) is 12.7 Å². The Kier molecular flexibility index (Phi) is 6.35. The van der Waals surface area contributed by atoms with Crippen LogP contribution >= 0.6 is 0 Å². The van der Waals surface area contributed by atoms with E-state index in [1.165, 1.54) is 0 Å². The summed E-state index contributed by atoms with van der Waals surface area (Å²) < 4.78 is 5.27. The molecule has 0 aliphatic carbocycles. The second-order valence-electron chi connectivity index (χ2n) is 4.75. The van der Waals surface area contributed by atoms with Gasteiger partial charge in [0.1, 0.15) is 0 Å². The Morgan fingerprint density at radius 3 is 2.79 bits per heavy atom. The molecule has 108 valence electrons. The molecule has 19 heavy (non-hydrogen) atoms. The predicted molar refractivity (Wildman–Crippen MR) is 70.9 cm³/mol. The summed E-state index contributed by atoms with van der Waals surface area (Å²) in [4.78, 5) is 24.3. The van der Waals surface area contributed by atoms with Gasteiger partial charge in [0, 0.05) is 19.6 Å². The second kappa shape index (κ2) is 7.78. The quantitative estimate of drug-likeness (QED) is 0.533. The van der Waals surface area contributed by atoms with Gasteiger partial charge < -0.3 is 20.1 Å². The van der Waals surface area contributed by atoms with Gasteiger partial charge >= 0.3 is 12.0 Å². The van der Waals surface area contributed by atoms with Gasteiger partial charge in [0.25, 0.3) is 0 Å². The third-order valence-electron chi connectivity index (χ3n) is 3.21. The molecule has 2 N–H and O–H groups in total. The lowest BCUT2D eigenvalue weighted by Gasteiger charge is -2.16. The molecule has 0 aromatic heterocycles. The molecule has 0 spiro atoms. The first kappa shape index (κ1) is 15.5. The van der Waals surface area contributed by atoms with Crippen molar-refractivity contribution in [3.63, 3.8) is 0 Å². The molecule has 6 heteroatoms. The zero-order chi connectivity index (χ0) is 14.3.